The van der Waals surface area contributed by atoms with Crippen LogP contribution in [0, 0.1) is 11.8 Å². The monoisotopic (exact) mass is 346 g/mol. The maximum absolute atomic E-state index is 4.68. The van der Waals surface area contributed by atoms with E-state index in [1.165, 1.54) is 29.3 Å². The van der Waals surface area contributed by atoms with Crippen molar-refractivity contribution in [3.05, 3.63) is 40.5 Å². The Morgan fingerprint density at radius 3 is 3.00 bits per heavy atom. The molecule has 0 bridgehead atoms. The zero-order valence-electron chi connectivity index (χ0n) is 12.8. The third-order valence-corrected chi connectivity index (χ3v) is 5.22. The molecule has 0 saturated carbocycles. The number of fused-ring (bicyclic) bond motifs is 1. The summed E-state index contributed by atoms with van der Waals surface area (Å²) < 4.78 is 1.14. The van der Waals surface area contributed by atoms with E-state index in [0.29, 0.717) is 11.8 Å². The molecule has 21 heavy (non-hydrogen) atoms. The molecule has 2 unspecified atom stereocenters. The SMILES string of the molecule is CC(C)CC1CNCCC1c1ccc(Br)c2cccnc12. The van der Waals surface area contributed by atoms with Crippen LogP contribution < -0.4 is 5.32 Å². The van der Waals surface area contributed by atoms with E-state index in [1.807, 2.05) is 12.3 Å². The predicted molar refractivity (Wildman–Crippen MR) is 92.6 cm³/mol. The summed E-state index contributed by atoms with van der Waals surface area (Å²) in [5.74, 6) is 2.08. The molecule has 0 aliphatic carbocycles. The topological polar surface area (TPSA) is 24.9 Å². The van der Waals surface area contributed by atoms with Crippen LogP contribution in [-0.4, -0.2) is 18.1 Å². The second-order valence-electron chi connectivity index (χ2n) is 6.53. The molecule has 1 aliphatic rings. The minimum atomic E-state index is 0.624. The lowest BCUT2D eigenvalue weighted by Crippen LogP contribution is -2.36. The summed E-state index contributed by atoms with van der Waals surface area (Å²) in [6.07, 6.45) is 4.41. The number of pyridine rings is 1. The predicted octanol–water partition coefficient (Wildman–Crippen LogP) is 4.74. The van der Waals surface area contributed by atoms with Crippen LogP contribution in [0.25, 0.3) is 10.9 Å². The average Bonchev–Trinajstić information content (AvgIpc) is 2.48. The van der Waals surface area contributed by atoms with Gasteiger partial charge in [-0.1, -0.05) is 41.9 Å². The highest BCUT2D eigenvalue weighted by Crippen LogP contribution is 2.38. The highest BCUT2D eigenvalue weighted by molar-refractivity contribution is 9.10. The summed E-state index contributed by atoms with van der Waals surface area (Å²) in [4.78, 5) is 4.68. The fraction of sp³-hybridized carbons (Fsp3) is 0.500. The maximum Gasteiger partial charge on any atom is 0.0748 e. The number of halogens is 1. The summed E-state index contributed by atoms with van der Waals surface area (Å²) in [5.41, 5.74) is 2.61. The summed E-state index contributed by atoms with van der Waals surface area (Å²) in [5, 5.41) is 4.80. The number of benzene rings is 1. The number of hydrogen-bond acceptors (Lipinski definition) is 2. The third kappa shape index (κ3) is 3.14. The zero-order chi connectivity index (χ0) is 14.8. The zero-order valence-corrected chi connectivity index (χ0v) is 14.4. The van der Waals surface area contributed by atoms with E-state index in [2.05, 4.69) is 58.3 Å². The Balaban J connectivity index is 2.03. The molecule has 0 amide bonds. The molecule has 1 aromatic heterocycles. The number of nitrogens with one attached hydrogen (secondary N) is 1. The van der Waals surface area contributed by atoms with Crippen LogP contribution in [0.1, 0.15) is 38.2 Å². The first-order valence-electron chi connectivity index (χ1n) is 7.90. The van der Waals surface area contributed by atoms with Gasteiger partial charge in [0.05, 0.1) is 5.52 Å². The number of nitrogens with zero attached hydrogens (tertiary/aromatic N) is 1. The molecule has 2 atom stereocenters. The van der Waals surface area contributed by atoms with Crippen LogP contribution in [0.5, 0.6) is 0 Å². The third-order valence-electron chi connectivity index (χ3n) is 4.53. The normalized spacial score (nSPS) is 22.9. The van der Waals surface area contributed by atoms with Crippen molar-refractivity contribution in [1.29, 1.82) is 0 Å². The minimum Gasteiger partial charge on any atom is -0.316 e. The Bertz CT molecular complexity index is 624. The largest absolute Gasteiger partial charge is 0.316 e. The smallest absolute Gasteiger partial charge is 0.0748 e. The molecule has 1 aromatic carbocycles. The van der Waals surface area contributed by atoms with E-state index in [1.54, 1.807) is 0 Å². The molecular formula is C18H23BrN2. The van der Waals surface area contributed by atoms with Crippen molar-refractivity contribution in [2.45, 2.75) is 32.6 Å². The van der Waals surface area contributed by atoms with E-state index in [-0.39, 0.29) is 0 Å². The van der Waals surface area contributed by atoms with E-state index < -0.39 is 0 Å². The Kier molecular flexibility index (Phi) is 4.60. The molecule has 1 aliphatic heterocycles. The van der Waals surface area contributed by atoms with Crippen molar-refractivity contribution in [3.8, 4) is 0 Å². The first-order valence-corrected chi connectivity index (χ1v) is 8.70. The molecule has 112 valence electrons. The first kappa shape index (κ1) is 15.0. The summed E-state index contributed by atoms with van der Waals surface area (Å²) in [7, 11) is 0. The van der Waals surface area contributed by atoms with Gasteiger partial charge >= 0.3 is 0 Å². The quantitative estimate of drug-likeness (QED) is 0.868. The van der Waals surface area contributed by atoms with Gasteiger partial charge in [-0.2, -0.15) is 0 Å². The molecule has 1 saturated heterocycles. The van der Waals surface area contributed by atoms with Gasteiger partial charge in [-0.15, -0.1) is 0 Å². The second kappa shape index (κ2) is 6.45. The Morgan fingerprint density at radius 2 is 2.19 bits per heavy atom. The fourth-order valence-corrected chi connectivity index (χ4v) is 4.10. The molecule has 1 N–H and O–H groups in total. The number of piperidine rings is 1. The van der Waals surface area contributed by atoms with Gasteiger partial charge < -0.3 is 5.32 Å². The molecule has 1 fully saturated rings. The first-order chi connectivity index (χ1) is 10.2. The second-order valence-corrected chi connectivity index (χ2v) is 7.38. The van der Waals surface area contributed by atoms with Crippen LogP contribution in [0.3, 0.4) is 0 Å². The van der Waals surface area contributed by atoms with Crippen LogP contribution in [0.15, 0.2) is 34.9 Å². The van der Waals surface area contributed by atoms with Crippen molar-refractivity contribution < 1.29 is 0 Å². The van der Waals surface area contributed by atoms with Crippen LogP contribution in [0.4, 0.5) is 0 Å². The summed E-state index contributed by atoms with van der Waals surface area (Å²) in [6, 6.07) is 8.65. The molecule has 2 nitrogen and oxygen atoms in total. The van der Waals surface area contributed by atoms with Gasteiger partial charge in [0, 0.05) is 16.1 Å². The van der Waals surface area contributed by atoms with Crippen molar-refractivity contribution in [1.82, 2.24) is 10.3 Å². The van der Waals surface area contributed by atoms with E-state index in [0.717, 1.165) is 23.5 Å². The molecule has 3 rings (SSSR count). The lowest BCUT2D eigenvalue weighted by atomic mass is 9.76. The van der Waals surface area contributed by atoms with Crippen LogP contribution in [0.2, 0.25) is 0 Å². The lowest BCUT2D eigenvalue weighted by Gasteiger charge is -2.34. The Labute approximate surface area is 135 Å². The van der Waals surface area contributed by atoms with Gasteiger partial charge in [0.2, 0.25) is 0 Å². The highest BCUT2D eigenvalue weighted by Gasteiger charge is 2.28. The van der Waals surface area contributed by atoms with Crippen LogP contribution in [-0.2, 0) is 0 Å². The molecular weight excluding hydrogens is 324 g/mol. The van der Waals surface area contributed by atoms with Crippen molar-refractivity contribution in [2.24, 2.45) is 11.8 Å². The highest BCUT2D eigenvalue weighted by atomic mass is 79.9. The molecule has 2 heterocycles. The Morgan fingerprint density at radius 1 is 1.33 bits per heavy atom. The average molecular weight is 347 g/mol. The number of hydrogen-bond donors (Lipinski definition) is 1. The van der Waals surface area contributed by atoms with Gasteiger partial charge in [-0.25, -0.2) is 0 Å². The number of rotatable bonds is 3. The van der Waals surface area contributed by atoms with Gasteiger partial charge in [0.15, 0.2) is 0 Å². The minimum absolute atomic E-state index is 0.624. The van der Waals surface area contributed by atoms with Crippen molar-refractivity contribution >= 4 is 26.8 Å². The summed E-state index contributed by atoms with van der Waals surface area (Å²) in [6.45, 7) is 6.89. The van der Waals surface area contributed by atoms with Gasteiger partial charge in [-0.3, -0.25) is 4.98 Å². The lowest BCUT2D eigenvalue weighted by molar-refractivity contribution is 0.281. The fourth-order valence-electron chi connectivity index (χ4n) is 3.64. The van der Waals surface area contributed by atoms with Crippen LogP contribution >= 0.6 is 15.9 Å². The van der Waals surface area contributed by atoms with E-state index in [4.69, 9.17) is 0 Å². The van der Waals surface area contributed by atoms with E-state index in [9.17, 15) is 0 Å². The molecule has 3 heteroatoms. The molecule has 0 radical (unpaired) electrons. The Hall–Kier alpha value is -0.930. The van der Waals surface area contributed by atoms with Crippen molar-refractivity contribution in [2.75, 3.05) is 13.1 Å². The summed E-state index contributed by atoms with van der Waals surface area (Å²) >= 11 is 3.66. The maximum atomic E-state index is 4.68. The van der Waals surface area contributed by atoms with Gasteiger partial charge in [0.1, 0.15) is 0 Å². The molecule has 0 spiro atoms. The number of aromatic nitrogens is 1. The van der Waals surface area contributed by atoms with Crippen molar-refractivity contribution in [3.63, 3.8) is 0 Å². The van der Waals surface area contributed by atoms with Gasteiger partial charge in [0.25, 0.3) is 0 Å². The molecule has 2 aromatic rings. The standard InChI is InChI=1S/C18H23BrN2/c1-12(2)10-13-11-20-9-7-14(13)15-5-6-17(19)16-4-3-8-21-18(15)16/h3-6,8,12-14,20H,7,9-11H2,1-2H3. The van der Waals surface area contributed by atoms with E-state index >= 15 is 0 Å². The van der Waals surface area contributed by atoms with Gasteiger partial charge in [-0.05, 0) is 61.4 Å².